The molecule has 0 fully saturated rings. The molecule has 1 amide bonds. The lowest BCUT2D eigenvalue weighted by Crippen LogP contribution is -2.52. The van der Waals surface area contributed by atoms with E-state index in [9.17, 15) is 9.59 Å². The van der Waals surface area contributed by atoms with E-state index in [1.165, 1.54) is 0 Å². The second kappa shape index (κ2) is 8.11. The fourth-order valence-electron chi connectivity index (χ4n) is 1.99. The summed E-state index contributed by atoms with van der Waals surface area (Å²) >= 11 is 0. The molecule has 1 aromatic rings. The molecule has 0 aliphatic rings. The highest BCUT2D eigenvalue weighted by atomic mass is 16.6. The second-order valence-corrected chi connectivity index (χ2v) is 7.05. The van der Waals surface area contributed by atoms with E-state index in [1.54, 1.807) is 20.8 Å². The van der Waals surface area contributed by atoms with Crippen LogP contribution in [-0.2, 0) is 20.7 Å². The first-order valence-corrected chi connectivity index (χ1v) is 7.93. The Morgan fingerprint density at radius 1 is 1.17 bits per heavy atom. The van der Waals surface area contributed by atoms with Gasteiger partial charge in [-0.1, -0.05) is 44.2 Å². The van der Waals surface area contributed by atoms with Gasteiger partial charge in [0.2, 0.25) is 5.91 Å². The number of carbonyl (C=O) groups excluding carboxylic acids is 2. The van der Waals surface area contributed by atoms with Crippen LogP contribution in [0.5, 0.6) is 0 Å². The minimum atomic E-state index is -0.756. The van der Waals surface area contributed by atoms with Gasteiger partial charge in [0.05, 0.1) is 6.04 Å². The van der Waals surface area contributed by atoms with E-state index in [0.29, 0.717) is 6.42 Å². The van der Waals surface area contributed by atoms with Crippen molar-refractivity contribution in [2.75, 3.05) is 0 Å². The third-order valence-electron chi connectivity index (χ3n) is 3.31. The van der Waals surface area contributed by atoms with E-state index in [1.807, 2.05) is 44.2 Å². The molecule has 0 bridgehead atoms. The lowest BCUT2D eigenvalue weighted by atomic mass is 10.0. The molecular weight excluding hydrogens is 292 g/mol. The third kappa shape index (κ3) is 6.82. The molecule has 5 heteroatoms. The number of nitrogens with two attached hydrogens (primary N) is 1. The van der Waals surface area contributed by atoms with Crippen molar-refractivity contribution < 1.29 is 14.3 Å². The fraction of sp³-hybridized carbons (Fsp3) is 0.556. The Morgan fingerprint density at radius 2 is 1.74 bits per heavy atom. The largest absolute Gasteiger partial charge is 0.458 e. The maximum Gasteiger partial charge on any atom is 0.329 e. The smallest absolute Gasteiger partial charge is 0.329 e. The number of esters is 1. The first-order chi connectivity index (χ1) is 10.6. The van der Waals surface area contributed by atoms with E-state index >= 15 is 0 Å². The standard InChI is InChI=1S/C18H28N2O3/c1-12(2)15(19)16(21)20-14(17(22)23-18(3,4)5)11-13-9-7-6-8-10-13/h6-10,12,14-15H,11,19H2,1-5H3,(H,20,21)/t14-,15-/m1/s1. The summed E-state index contributed by atoms with van der Waals surface area (Å²) in [6.07, 6.45) is 0.367. The van der Waals surface area contributed by atoms with Crippen LogP contribution in [-0.4, -0.2) is 29.6 Å². The Balaban J connectivity index is 2.88. The number of carbonyl (C=O) groups is 2. The molecule has 23 heavy (non-hydrogen) atoms. The van der Waals surface area contributed by atoms with Gasteiger partial charge >= 0.3 is 5.97 Å². The van der Waals surface area contributed by atoms with E-state index in [0.717, 1.165) is 5.56 Å². The van der Waals surface area contributed by atoms with Crippen molar-refractivity contribution in [3.8, 4) is 0 Å². The number of amides is 1. The number of hydrogen-bond acceptors (Lipinski definition) is 4. The minimum Gasteiger partial charge on any atom is -0.458 e. The van der Waals surface area contributed by atoms with E-state index in [-0.39, 0.29) is 11.8 Å². The van der Waals surface area contributed by atoms with Crippen molar-refractivity contribution in [3.63, 3.8) is 0 Å². The van der Waals surface area contributed by atoms with Crippen LogP contribution < -0.4 is 11.1 Å². The number of nitrogens with one attached hydrogen (secondary N) is 1. The number of ether oxygens (including phenoxy) is 1. The molecule has 0 saturated heterocycles. The van der Waals surface area contributed by atoms with Gasteiger partial charge in [0.1, 0.15) is 11.6 Å². The molecule has 0 aliphatic heterocycles. The van der Waals surface area contributed by atoms with Crippen LogP contribution in [0.2, 0.25) is 0 Å². The van der Waals surface area contributed by atoms with Crippen LogP contribution in [0.1, 0.15) is 40.2 Å². The lowest BCUT2D eigenvalue weighted by molar-refractivity contribution is -0.158. The quantitative estimate of drug-likeness (QED) is 0.786. The zero-order chi connectivity index (χ0) is 17.6. The predicted octanol–water partition coefficient (Wildman–Crippen LogP) is 2.04. The Morgan fingerprint density at radius 3 is 2.22 bits per heavy atom. The van der Waals surface area contributed by atoms with E-state index < -0.39 is 23.7 Å². The van der Waals surface area contributed by atoms with Crippen LogP contribution in [0, 0.1) is 5.92 Å². The molecule has 1 aromatic carbocycles. The molecule has 128 valence electrons. The fourth-order valence-corrected chi connectivity index (χ4v) is 1.99. The van der Waals surface area contributed by atoms with Gasteiger partial charge < -0.3 is 15.8 Å². The number of hydrogen-bond donors (Lipinski definition) is 2. The Bertz CT molecular complexity index is 521. The summed E-state index contributed by atoms with van der Waals surface area (Å²) in [4.78, 5) is 24.6. The minimum absolute atomic E-state index is 0.00832. The van der Waals surface area contributed by atoms with Gasteiger partial charge in [-0.3, -0.25) is 4.79 Å². The van der Waals surface area contributed by atoms with Crippen molar-refractivity contribution in [1.29, 1.82) is 0 Å². The molecular formula is C18H28N2O3. The molecule has 1 rings (SSSR count). The average molecular weight is 320 g/mol. The van der Waals surface area contributed by atoms with Crippen molar-refractivity contribution in [3.05, 3.63) is 35.9 Å². The summed E-state index contributed by atoms with van der Waals surface area (Å²) in [7, 11) is 0. The van der Waals surface area contributed by atoms with Gasteiger partial charge in [-0.25, -0.2) is 4.79 Å². The first kappa shape index (κ1) is 19.2. The van der Waals surface area contributed by atoms with Crippen molar-refractivity contribution in [2.45, 2.75) is 58.7 Å². The monoisotopic (exact) mass is 320 g/mol. The van der Waals surface area contributed by atoms with Crippen LogP contribution in [0.3, 0.4) is 0 Å². The highest BCUT2D eigenvalue weighted by molar-refractivity contribution is 5.87. The summed E-state index contributed by atoms with van der Waals surface area (Å²) < 4.78 is 5.42. The van der Waals surface area contributed by atoms with E-state index in [2.05, 4.69) is 5.32 Å². The zero-order valence-corrected chi connectivity index (χ0v) is 14.6. The van der Waals surface area contributed by atoms with Crippen molar-refractivity contribution in [2.24, 2.45) is 11.7 Å². The average Bonchev–Trinajstić information content (AvgIpc) is 2.44. The second-order valence-electron chi connectivity index (χ2n) is 7.05. The van der Waals surface area contributed by atoms with Gasteiger partial charge in [-0.2, -0.15) is 0 Å². The summed E-state index contributed by atoms with van der Waals surface area (Å²) in [6, 6.07) is 8.09. The molecule has 0 aromatic heterocycles. The predicted molar refractivity (Wildman–Crippen MR) is 90.7 cm³/mol. The normalized spacial score (nSPS) is 14.2. The molecule has 0 spiro atoms. The van der Waals surface area contributed by atoms with Gasteiger partial charge in [0.25, 0.3) is 0 Å². The van der Waals surface area contributed by atoms with Crippen molar-refractivity contribution in [1.82, 2.24) is 5.32 Å². The van der Waals surface area contributed by atoms with Crippen molar-refractivity contribution >= 4 is 11.9 Å². The summed E-state index contributed by atoms with van der Waals surface area (Å²) in [5.74, 6) is -0.802. The SMILES string of the molecule is CC(C)[C@@H](N)C(=O)N[C@H](Cc1ccccc1)C(=O)OC(C)(C)C. The number of rotatable bonds is 6. The molecule has 2 atom stereocenters. The zero-order valence-electron chi connectivity index (χ0n) is 14.6. The van der Waals surface area contributed by atoms with Gasteiger partial charge in [0, 0.05) is 6.42 Å². The highest BCUT2D eigenvalue weighted by Crippen LogP contribution is 2.12. The Kier molecular flexibility index (Phi) is 6.76. The van der Waals surface area contributed by atoms with Crippen LogP contribution in [0.25, 0.3) is 0 Å². The summed E-state index contributed by atoms with van der Waals surface area (Å²) in [5.41, 5.74) is 6.20. The van der Waals surface area contributed by atoms with Crippen LogP contribution >= 0.6 is 0 Å². The molecule has 0 aliphatic carbocycles. The lowest BCUT2D eigenvalue weighted by Gasteiger charge is -2.26. The topological polar surface area (TPSA) is 81.4 Å². The van der Waals surface area contributed by atoms with Gasteiger partial charge in [0.15, 0.2) is 0 Å². The third-order valence-corrected chi connectivity index (χ3v) is 3.31. The van der Waals surface area contributed by atoms with Gasteiger partial charge in [-0.05, 0) is 32.3 Å². The van der Waals surface area contributed by atoms with E-state index in [4.69, 9.17) is 10.5 Å². The first-order valence-electron chi connectivity index (χ1n) is 7.93. The van der Waals surface area contributed by atoms with Crippen LogP contribution in [0.15, 0.2) is 30.3 Å². The summed E-state index contributed by atoms with van der Waals surface area (Å²) in [6.45, 7) is 9.12. The van der Waals surface area contributed by atoms with Crippen LogP contribution in [0.4, 0.5) is 0 Å². The maximum atomic E-state index is 12.4. The van der Waals surface area contributed by atoms with Gasteiger partial charge in [-0.15, -0.1) is 0 Å². The Labute approximate surface area is 138 Å². The molecule has 0 saturated carbocycles. The number of benzene rings is 1. The molecule has 0 unspecified atom stereocenters. The molecule has 5 nitrogen and oxygen atoms in total. The Hall–Kier alpha value is -1.88. The maximum absolute atomic E-state index is 12.4. The molecule has 0 heterocycles. The molecule has 3 N–H and O–H groups in total. The summed E-state index contributed by atoms with van der Waals surface area (Å²) in [5, 5.41) is 2.73. The molecule has 0 radical (unpaired) electrons. The highest BCUT2D eigenvalue weighted by Gasteiger charge is 2.29.